The molecule has 11 heteroatoms. The molecule has 0 saturated heterocycles. The van der Waals surface area contributed by atoms with Crippen LogP contribution in [0.5, 0.6) is 0 Å². The summed E-state index contributed by atoms with van der Waals surface area (Å²) in [6, 6.07) is 5.58. The molecule has 26 heavy (non-hydrogen) atoms. The van der Waals surface area contributed by atoms with E-state index in [0.717, 1.165) is 14.4 Å². The highest BCUT2D eigenvalue weighted by Gasteiger charge is 2.23. The van der Waals surface area contributed by atoms with Crippen LogP contribution in [0.15, 0.2) is 33.5 Å². The van der Waals surface area contributed by atoms with Gasteiger partial charge in [-0.1, -0.05) is 42.2 Å². The molecule has 1 amide bonds. The number of nitrogens with zero attached hydrogens (tertiary/aromatic N) is 3. The summed E-state index contributed by atoms with van der Waals surface area (Å²) < 4.78 is 26.7. The van der Waals surface area contributed by atoms with Crippen molar-refractivity contribution in [1.29, 1.82) is 0 Å². The normalized spacial score (nSPS) is 11.5. The first-order valence-corrected chi connectivity index (χ1v) is 10.8. The van der Waals surface area contributed by atoms with Gasteiger partial charge in [0.1, 0.15) is 0 Å². The van der Waals surface area contributed by atoms with E-state index in [2.05, 4.69) is 15.5 Å². The first kappa shape index (κ1) is 20.5. The second kappa shape index (κ2) is 8.71. The van der Waals surface area contributed by atoms with Crippen molar-refractivity contribution in [3.05, 3.63) is 29.8 Å². The van der Waals surface area contributed by atoms with Gasteiger partial charge in [-0.2, -0.15) is 4.31 Å². The van der Waals surface area contributed by atoms with Crippen molar-refractivity contribution in [2.45, 2.75) is 23.1 Å². The van der Waals surface area contributed by atoms with E-state index in [9.17, 15) is 18.0 Å². The zero-order valence-electron chi connectivity index (χ0n) is 14.4. The Kier molecular flexibility index (Phi) is 6.87. The molecule has 2 aromatic rings. The number of hydrogen-bond acceptors (Lipinski definition) is 8. The number of Topliss-reactive ketones (excluding diaryl/α,β-unsaturated/α-hetero) is 1. The standard InChI is InChI=1S/C15H18N4O4S3/c1-4-24-15-18-17-14(25-15)16-13(21)9-19(3)26(22,23)12-7-5-11(6-8-12)10(2)20/h5-8H,4,9H2,1-3H3,(H,16,17,21). The number of carbonyl (C=O) groups is 2. The van der Waals surface area contributed by atoms with Gasteiger partial charge in [-0.05, 0) is 24.8 Å². The Morgan fingerprint density at radius 3 is 2.46 bits per heavy atom. The van der Waals surface area contributed by atoms with Crippen LogP contribution in [0.2, 0.25) is 0 Å². The average Bonchev–Trinajstić information content (AvgIpc) is 3.02. The quantitative estimate of drug-likeness (QED) is 0.400. The molecule has 2 rings (SSSR count). The summed E-state index contributed by atoms with van der Waals surface area (Å²) >= 11 is 2.73. The van der Waals surface area contributed by atoms with Crippen molar-refractivity contribution in [3.8, 4) is 0 Å². The second-order valence-corrected chi connectivity index (χ2v) is 9.73. The lowest BCUT2D eigenvalue weighted by atomic mass is 10.2. The van der Waals surface area contributed by atoms with Crippen LogP contribution in [-0.4, -0.2) is 54.0 Å². The molecule has 0 aliphatic rings. The number of amides is 1. The van der Waals surface area contributed by atoms with Crippen LogP contribution in [-0.2, 0) is 14.8 Å². The van der Waals surface area contributed by atoms with Gasteiger partial charge < -0.3 is 0 Å². The van der Waals surface area contributed by atoms with Crippen molar-refractivity contribution in [3.63, 3.8) is 0 Å². The molecule has 0 saturated carbocycles. The van der Waals surface area contributed by atoms with Gasteiger partial charge in [-0.3, -0.25) is 14.9 Å². The topological polar surface area (TPSA) is 109 Å². The van der Waals surface area contributed by atoms with Crippen LogP contribution in [0.3, 0.4) is 0 Å². The van der Waals surface area contributed by atoms with Crippen molar-refractivity contribution >= 4 is 49.9 Å². The number of thioether (sulfide) groups is 1. The molecule has 0 radical (unpaired) electrons. The summed E-state index contributed by atoms with van der Waals surface area (Å²) in [4.78, 5) is 23.4. The van der Waals surface area contributed by atoms with E-state index in [-0.39, 0.29) is 17.2 Å². The third-order valence-corrected chi connectivity index (χ3v) is 6.93. The molecule has 1 N–H and O–H groups in total. The molecule has 8 nitrogen and oxygen atoms in total. The molecule has 0 spiro atoms. The van der Waals surface area contributed by atoms with E-state index >= 15 is 0 Å². The van der Waals surface area contributed by atoms with Gasteiger partial charge in [-0.15, -0.1) is 10.2 Å². The highest BCUT2D eigenvalue weighted by molar-refractivity contribution is 8.01. The highest BCUT2D eigenvalue weighted by atomic mass is 32.2. The average molecular weight is 415 g/mol. The molecule has 0 aliphatic heterocycles. The van der Waals surface area contributed by atoms with E-state index in [1.54, 1.807) is 0 Å². The maximum absolute atomic E-state index is 12.5. The minimum Gasteiger partial charge on any atom is -0.299 e. The number of sulfonamides is 1. The highest BCUT2D eigenvalue weighted by Crippen LogP contribution is 2.25. The number of carbonyl (C=O) groups excluding carboxylic acids is 2. The van der Waals surface area contributed by atoms with Crippen LogP contribution in [0.4, 0.5) is 5.13 Å². The molecule has 1 heterocycles. The largest absolute Gasteiger partial charge is 0.299 e. The van der Waals surface area contributed by atoms with Crippen LogP contribution in [0.25, 0.3) is 0 Å². The minimum absolute atomic E-state index is 0.00958. The SMILES string of the molecule is CCSc1nnc(NC(=O)CN(C)S(=O)(=O)c2ccc(C(C)=O)cc2)s1. The summed E-state index contributed by atoms with van der Waals surface area (Å²) in [6.07, 6.45) is 0. The van der Waals surface area contributed by atoms with Crippen LogP contribution in [0.1, 0.15) is 24.2 Å². The lowest BCUT2D eigenvalue weighted by molar-refractivity contribution is -0.116. The van der Waals surface area contributed by atoms with Crippen LogP contribution >= 0.6 is 23.1 Å². The predicted octanol–water partition coefficient (Wildman–Crippen LogP) is 2.11. The maximum Gasteiger partial charge on any atom is 0.243 e. The fourth-order valence-electron chi connectivity index (χ4n) is 1.93. The Bertz CT molecular complexity index is 894. The van der Waals surface area contributed by atoms with E-state index in [1.165, 1.54) is 61.3 Å². The molecule has 0 unspecified atom stereocenters. The van der Waals surface area contributed by atoms with E-state index in [4.69, 9.17) is 0 Å². The number of benzene rings is 1. The Labute approximate surface area is 160 Å². The van der Waals surface area contributed by atoms with Crippen molar-refractivity contribution in [2.75, 3.05) is 24.7 Å². The van der Waals surface area contributed by atoms with Gasteiger partial charge in [0.2, 0.25) is 21.1 Å². The third-order valence-electron chi connectivity index (χ3n) is 3.26. The zero-order valence-corrected chi connectivity index (χ0v) is 16.9. The van der Waals surface area contributed by atoms with Crippen LogP contribution < -0.4 is 5.32 Å². The second-order valence-electron chi connectivity index (χ2n) is 5.20. The Morgan fingerprint density at radius 2 is 1.88 bits per heavy atom. The molecular formula is C15H18N4O4S3. The first-order chi connectivity index (χ1) is 12.2. The number of anilines is 1. The summed E-state index contributed by atoms with van der Waals surface area (Å²) in [5.74, 6) is 0.173. The molecule has 1 aromatic carbocycles. The number of likely N-dealkylation sites (N-methyl/N-ethyl adjacent to an activating group) is 1. The van der Waals surface area contributed by atoms with Gasteiger partial charge in [0.15, 0.2) is 10.1 Å². The summed E-state index contributed by atoms with van der Waals surface area (Å²) in [5.41, 5.74) is 0.418. The molecule has 0 aliphatic carbocycles. The molecule has 1 aromatic heterocycles. The molecule has 140 valence electrons. The van der Waals surface area contributed by atoms with Crippen molar-refractivity contribution in [1.82, 2.24) is 14.5 Å². The van der Waals surface area contributed by atoms with Crippen LogP contribution in [0, 0.1) is 0 Å². The summed E-state index contributed by atoms with van der Waals surface area (Å²) in [6.45, 7) is 3.01. The Hall–Kier alpha value is -1.82. The summed E-state index contributed by atoms with van der Waals surface area (Å²) in [7, 11) is -2.54. The minimum atomic E-state index is -3.85. The fraction of sp³-hybridized carbons (Fsp3) is 0.333. The Balaban J connectivity index is 2.03. The number of aromatic nitrogens is 2. The fourth-order valence-corrected chi connectivity index (χ4v) is 4.72. The number of ketones is 1. The smallest absolute Gasteiger partial charge is 0.243 e. The van der Waals surface area contributed by atoms with E-state index in [1.807, 2.05) is 6.92 Å². The lowest BCUT2D eigenvalue weighted by Gasteiger charge is -2.16. The van der Waals surface area contributed by atoms with E-state index in [0.29, 0.717) is 10.7 Å². The van der Waals surface area contributed by atoms with Crippen molar-refractivity contribution in [2.24, 2.45) is 0 Å². The number of nitrogens with one attached hydrogen (secondary N) is 1. The van der Waals surface area contributed by atoms with Gasteiger partial charge in [0, 0.05) is 12.6 Å². The molecule has 0 fully saturated rings. The van der Waals surface area contributed by atoms with Gasteiger partial charge >= 0.3 is 0 Å². The molecular weight excluding hydrogens is 396 g/mol. The first-order valence-electron chi connectivity index (χ1n) is 7.57. The van der Waals surface area contributed by atoms with Gasteiger partial charge in [-0.25, -0.2) is 8.42 Å². The lowest BCUT2D eigenvalue weighted by Crippen LogP contribution is -2.35. The van der Waals surface area contributed by atoms with Crippen molar-refractivity contribution < 1.29 is 18.0 Å². The zero-order chi connectivity index (χ0) is 19.3. The van der Waals surface area contributed by atoms with Gasteiger partial charge in [0.25, 0.3) is 0 Å². The van der Waals surface area contributed by atoms with Gasteiger partial charge in [0.05, 0.1) is 11.4 Å². The number of rotatable bonds is 8. The molecule has 0 bridgehead atoms. The molecule has 0 atom stereocenters. The summed E-state index contributed by atoms with van der Waals surface area (Å²) in [5, 5.41) is 10.6. The number of hydrogen-bond donors (Lipinski definition) is 1. The maximum atomic E-state index is 12.5. The third kappa shape index (κ3) is 5.10. The predicted molar refractivity (Wildman–Crippen MR) is 101 cm³/mol. The Morgan fingerprint density at radius 1 is 1.23 bits per heavy atom. The van der Waals surface area contributed by atoms with E-state index < -0.39 is 15.9 Å². The monoisotopic (exact) mass is 414 g/mol.